The number of hydrogen-bond donors (Lipinski definition) is 2. The smallest absolute Gasteiger partial charge is 0.272 e. The lowest BCUT2D eigenvalue weighted by molar-refractivity contribution is 0.0725. The topological polar surface area (TPSA) is 82.2 Å². The Balaban J connectivity index is 1.76. The van der Waals surface area contributed by atoms with Crippen LogP contribution in [0.15, 0.2) is 0 Å². The van der Waals surface area contributed by atoms with Crippen molar-refractivity contribution < 1.29 is 9.53 Å². The van der Waals surface area contributed by atoms with Crippen LogP contribution in [0.3, 0.4) is 0 Å². The maximum atomic E-state index is 12.5. The predicted octanol–water partition coefficient (Wildman–Crippen LogP) is 1.09. The molecular weight excluding hydrogens is 256 g/mol. The van der Waals surface area contributed by atoms with Crippen LogP contribution in [-0.4, -0.2) is 34.4 Å². The summed E-state index contributed by atoms with van der Waals surface area (Å²) in [6, 6.07) is 0.106. The molecule has 3 rings (SSSR count). The highest BCUT2D eigenvalue weighted by Gasteiger charge is 2.41. The molecule has 0 spiro atoms. The summed E-state index contributed by atoms with van der Waals surface area (Å²) in [4.78, 5) is 12.5. The molecule has 1 amide bonds. The van der Waals surface area contributed by atoms with Crippen LogP contribution in [0, 0.1) is 12.8 Å². The second kappa shape index (κ2) is 5.09. The first-order chi connectivity index (χ1) is 9.61. The van der Waals surface area contributed by atoms with Gasteiger partial charge < -0.3 is 15.8 Å². The van der Waals surface area contributed by atoms with Crippen LogP contribution in [-0.2, 0) is 11.3 Å². The zero-order valence-electron chi connectivity index (χ0n) is 12.1. The second-order valence-corrected chi connectivity index (χ2v) is 5.70. The minimum Gasteiger partial charge on any atom is -0.395 e. The first kappa shape index (κ1) is 13.4. The number of carbonyl (C=O) groups excluding carboxylic acids is 1. The monoisotopic (exact) mass is 278 g/mol. The van der Waals surface area contributed by atoms with Gasteiger partial charge in [0, 0.05) is 13.2 Å². The first-order valence-electron chi connectivity index (χ1n) is 7.37. The number of aromatic nitrogens is 2. The Morgan fingerprint density at radius 3 is 2.90 bits per heavy atom. The van der Waals surface area contributed by atoms with E-state index in [1.807, 2.05) is 13.8 Å². The molecule has 2 fully saturated rings. The van der Waals surface area contributed by atoms with Gasteiger partial charge in [0.25, 0.3) is 5.91 Å². The largest absolute Gasteiger partial charge is 0.395 e. The molecule has 1 aromatic rings. The van der Waals surface area contributed by atoms with Crippen molar-refractivity contribution in [2.45, 2.75) is 51.8 Å². The fourth-order valence-electron chi connectivity index (χ4n) is 2.96. The summed E-state index contributed by atoms with van der Waals surface area (Å²) in [5.41, 5.74) is 7.65. The van der Waals surface area contributed by atoms with Crippen LogP contribution in [0.2, 0.25) is 0 Å². The third kappa shape index (κ3) is 2.28. The number of anilines is 1. The first-order valence-corrected chi connectivity index (χ1v) is 7.37. The Kier molecular flexibility index (Phi) is 3.41. The molecule has 2 atom stereocenters. The number of carbonyl (C=O) groups is 1. The van der Waals surface area contributed by atoms with Gasteiger partial charge in [-0.15, -0.1) is 0 Å². The van der Waals surface area contributed by atoms with E-state index in [9.17, 15) is 4.79 Å². The fraction of sp³-hybridized carbons (Fsp3) is 0.714. The standard InChI is InChI=1S/C14H22N4O2/c1-3-18-12(11(15)8(2)17-18)14(19)16-10-6-7-20-13(10)9-4-5-9/h9-10,13H,3-7,15H2,1-2H3,(H,16,19). The molecular formula is C14H22N4O2. The molecule has 1 aliphatic heterocycles. The van der Waals surface area contributed by atoms with Crippen LogP contribution in [0.25, 0.3) is 0 Å². The second-order valence-electron chi connectivity index (χ2n) is 5.70. The van der Waals surface area contributed by atoms with E-state index in [-0.39, 0.29) is 18.1 Å². The minimum atomic E-state index is -0.133. The summed E-state index contributed by atoms with van der Waals surface area (Å²) in [5, 5.41) is 7.38. The molecule has 1 aromatic heterocycles. The van der Waals surface area contributed by atoms with Crippen molar-refractivity contribution in [3.8, 4) is 0 Å². The van der Waals surface area contributed by atoms with Gasteiger partial charge in [-0.2, -0.15) is 5.10 Å². The van der Waals surface area contributed by atoms with Gasteiger partial charge in [0.2, 0.25) is 0 Å². The Labute approximate surface area is 118 Å². The fourth-order valence-corrected chi connectivity index (χ4v) is 2.96. The van der Waals surface area contributed by atoms with E-state index in [1.165, 1.54) is 12.8 Å². The summed E-state index contributed by atoms with van der Waals surface area (Å²) in [6.45, 7) is 5.14. The van der Waals surface area contributed by atoms with Gasteiger partial charge in [0.1, 0.15) is 5.69 Å². The van der Waals surface area contributed by atoms with E-state index in [0.29, 0.717) is 29.5 Å². The zero-order chi connectivity index (χ0) is 14.3. The lowest BCUT2D eigenvalue weighted by atomic mass is 10.1. The molecule has 0 aromatic carbocycles. The molecule has 3 N–H and O–H groups in total. The van der Waals surface area contributed by atoms with Gasteiger partial charge in [0.15, 0.2) is 0 Å². The number of hydrogen-bond acceptors (Lipinski definition) is 4. The van der Waals surface area contributed by atoms with E-state index in [0.717, 1.165) is 13.0 Å². The average Bonchev–Trinajstić information content (AvgIpc) is 3.10. The molecule has 1 saturated carbocycles. The van der Waals surface area contributed by atoms with Crippen molar-refractivity contribution in [1.82, 2.24) is 15.1 Å². The van der Waals surface area contributed by atoms with E-state index in [4.69, 9.17) is 10.5 Å². The van der Waals surface area contributed by atoms with Gasteiger partial charge in [0.05, 0.1) is 23.5 Å². The highest BCUT2D eigenvalue weighted by Crippen LogP contribution is 2.38. The highest BCUT2D eigenvalue weighted by molar-refractivity contribution is 5.98. The normalized spacial score (nSPS) is 25.9. The minimum absolute atomic E-state index is 0.106. The van der Waals surface area contributed by atoms with Gasteiger partial charge in [-0.25, -0.2) is 0 Å². The molecule has 1 saturated heterocycles. The van der Waals surface area contributed by atoms with Crippen LogP contribution in [0.4, 0.5) is 5.69 Å². The SMILES string of the molecule is CCn1nc(C)c(N)c1C(=O)NC1CCOC1C1CC1. The van der Waals surface area contributed by atoms with Gasteiger partial charge in [-0.1, -0.05) is 0 Å². The Morgan fingerprint density at radius 2 is 2.25 bits per heavy atom. The lowest BCUT2D eigenvalue weighted by Gasteiger charge is -2.19. The van der Waals surface area contributed by atoms with Crippen LogP contribution in [0.5, 0.6) is 0 Å². The van der Waals surface area contributed by atoms with Crippen molar-refractivity contribution >= 4 is 11.6 Å². The van der Waals surface area contributed by atoms with Gasteiger partial charge in [-0.05, 0) is 39.0 Å². The van der Waals surface area contributed by atoms with E-state index in [1.54, 1.807) is 4.68 Å². The molecule has 0 bridgehead atoms. The zero-order valence-corrected chi connectivity index (χ0v) is 12.1. The third-order valence-electron chi connectivity index (χ3n) is 4.23. The Bertz CT molecular complexity index is 521. The van der Waals surface area contributed by atoms with Crippen LogP contribution >= 0.6 is 0 Å². The molecule has 2 heterocycles. The summed E-state index contributed by atoms with van der Waals surface area (Å²) in [5.74, 6) is 0.490. The van der Waals surface area contributed by atoms with Crippen molar-refractivity contribution in [3.05, 3.63) is 11.4 Å². The Morgan fingerprint density at radius 1 is 1.50 bits per heavy atom. The van der Waals surface area contributed by atoms with Gasteiger partial charge >= 0.3 is 0 Å². The van der Waals surface area contributed by atoms with Crippen LogP contribution < -0.4 is 11.1 Å². The summed E-state index contributed by atoms with van der Waals surface area (Å²) < 4.78 is 7.42. The number of ether oxygens (including phenoxy) is 1. The maximum Gasteiger partial charge on any atom is 0.272 e. The predicted molar refractivity (Wildman–Crippen MR) is 75.4 cm³/mol. The molecule has 2 aliphatic rings. The Hall–Kier alpha value is -1.56. The molecule has 6 heteroatoms. The number of rotatable bonds is 4. The van der Waals surface area contributed by atoms with Crippen molar-refractivity contribution in [2.24, 2.45) is 5.92 Å². The van der Waals surface area contributed by atoms with E-state index < -0.39 is 0 Å². The van der Waals surface area contributed by atoms with E-state index >= 15 is 0 Å². The number of nitrogen functional groups attached to an aromatic ring is 1. The number of amides is 1. The number of nitrogens with two attached hydrogens (primary N) is 1. The molecule has 0 radical (unpaired) electrons. The van der Waals surface area contributed by atoms with Crippen LogP contribution in [0.1, 0.15) is 42.4 Å². The van der Waals surface area contributed by atoms with Gasteiger partial charge in [-0.3, -0.25) is 9.48 Å². The van der Waals surface area contributed by atoms with Crippen molar-refractivity contribution in [3.63, 3.8) is 0 Å². The number of nitrogens with zero attached hydrogens (tertiary/aromatic N) is 2. The summed E-state index contributed by atoms with van der Waals surface area (Å²) in [7, 11) is 0. The molecule has 6 nitrogen and oxygen atoms in total. The maximum absolute atomic E-state index is 12.5. The number of aryl methyl sites for hydroxylation is 2. The molecule has 2 unspecified atom stereocenters. The molecule has 1 aliphatic carbocycles. The lowest BCUT2D eigenvalue weighted by Crippen LogP contribution is -2.42. The summed E-state index contributed by atoms with van der Waals surface area (Å²) >= 11 is 0. The van der Waals surface area contributed by atoms with E-state index in [2.05, 4.69) is 10.4 Å². The van der Waals surface area contributed by atoms with Crippen molar-refractivity contribution in [2.75, 3.05) is 12.3 Å². The average molecular weight is 278 g/mol. The van der Waals surface area contributed by atoms with Crippen molar-refractivity contribution in [1.29, 1.82) is 0 Å². The number of nitrogens with one attached hydrogen (secondary N) is 1. The highest BCUT2D eigenvalue weighted by atomic mass is 16.5. The third-order valence-corrected chi connectivity index (χ3v) is 4.23. The molecule has 110 valence electrons. The molecule has 20 heavy (non-hydrogen) atoms. The quantitative estimate of drug-likeness (QED) is 0.863. The summed E-state index contributed by atoms with van der Waals surface area (Å²) in [6.07, 6.45) is 3.49.